The number of rotatable bonds is 1. The fourth-order valence-corrected chi connectivity index (χ4v) is 7.56. The highest BCUT2D eigenvalue weighted by Gasteiger charge is 2.63. The number of aliphatic imine (C=N–C) groups is 1. The van der Waals surface area contributed by atoms with Crippen LogP contribution < -0.4 is 15.5 Å². The predicted molar refractivity (Wildman–Crippen MR) is 136 cm³/mol. The zero-order chi connectivity index (χ0) is 21.8. The molecule has 0 saturated carbocycles. The van der Waals surface area contributed by atoms with E-state index in [0.29, 0.717) is 24.4 Å². The lowest BCUT2D eigenvalue weighted by molar-refractivity contribution is 0.298. The van der Waals surface area contributed by atoms with Crippen molar-refractivity contribution < 1.29 is 4.74 Å². The fourth-order valence-electron chi connectivity index (χ4n) is 7.56. The fraction of sp³-hybridized carbons (Fsp3) is 0.345. The molecule has 0 amide bonds. The molecule has 0 aromatic heterocycles. The summed E-state index contributed by atoms with van der Waals surface area (Å²) in [7, 11) is 0. The second-order valence-corrected chi connectivity index (χ2v) is 10.1. The van der Waals surface area contributed by atoms with E-state index < -0.39 is 0 Å². The summed E-state index contributed by atoms with van der Waals surface area (Å²) in [6.07, 6.45) is 4.89. The second kappa shape index (κ2) is 7.60. The maximum atomic E-state index is 6.49. The van der Waals surface area contributed by atoms with E-state index in [9.17, 15) is 0 Å². The van der Waals surface area contributed by atoms with Gasteiger partial charge in [0.15, 0.2) is 6.71 Å². The molecule has 1 N–H and O–H groups in total. The summed E-state index contributed by atoms with van der Waals surface area (Å²) in [4.78, 5) is 5.41. The van der Waals surface area contributed by atoms with E-state index in [1.807, 2.05) is 0 Å². The average molecular weight is 432 g/mol. The number of piperidine rings is 1. The molecule has 2 fully saturated rings. The highest BCUT2D eigenvalue weighted by molar-refractivity contribution is 6.80. The Morgan fingerprint density at radius 2 is 1.52 bits per heavy atom. The molecular formula is C29H29BN2O. The number of ether oxygens (including phenoxy) is 1. The third kappa shape index (κ3) is 2.70. The van der Waals surface area contributed by atoms with Gasteiger partial charge in [-0.05, 0) is 49.6 Å². The molecule has 4 aliphatic heterocycles. The Kier molecular flexibility index (Phi) is 4.51. The Bertz CT molecular complexity index is 1180. The van der Waals surface area contributed by atoms with Crippen molar-refractivity contribution >= 4 is 17.9 Å². The molecule has 3 atom stereocenters. The summed E-state index contributed by atoms with van der Waals surface area (Å²) in [5, 5.41) is 4.06. The van der Waals surface area contributed by atoms with Crippen LogP contribution >= 0.6 is 0 Å². The third-order valence-electron chi connectivity index (χ3n) is 8.61. The van der Waals surface area contributed by atoms with Gasteiger partial charge in [0.25, 0.3) is 0 Å². The monoisotopic (exact) mass is 432 g/mol. The van der Waals surface area contributed by atoms with E-state index in [2.05, 4.69) is 84.2 Å². The number of hydrogen-bond acceptors (Lipinski definition) is 3. The minimum atomic E-state index is -0.271. The molecular weight excluding hydrogens is 403 g/mol. The standard InChI is InChI=1S/C29H29BN2O/c1-2-10-20(11-3-1)30-23-14-8-18-31-27(23)29(28-24(30)15-9-19-32-28)21-12-4-6-16-25(21)33-26-17-7-5-13-22(26)29/h1-7,10-13,16-17,23-24,27,31H,8-9,14-15,18-19H2. The minimum absolute atomic E-state index is 0.271. The van der Waals surface area contributed by atoms with Crippen LogP contribution in [0.15, 0.2) is 83.9 Å². The van der Waals surface area contributed by atoms with Crippen LogP contribution in [0, 0.1) is 0 Å². The Morgan fingerprint density at radius 3 is 2.27 bits per heavy atom. The first-order valence-electron chi connectivity index (χ1n) is 12.6. The molecule has 1 spiro atoms. The Balaban J connectivity index is 1.54. The lowest BCUT2D eigenvalue weighted by Crippen LogP contribution is -2.69. The normalized spacial score (nSPS) is 26.8. The van der Waals surface area contributed by atoms with E-state index in [1.165, 1.54) is 48.0 Å². The first-order valence-corrected chi connectivity index (χ1v) is 12.6. The number of fused-ring (bicyclic) bond motifs is 8. The zero-order valence-corrected chi connectivity index (χ0v) is 18.9. The van der Waals surface area contributed by atoms with Crippen molar-refractivity contribution in [3.63, 3.8) is 0 Å². The quantitative estimate of drug-likeness (QED) is 0.535. The Hall–Kier alpha value is -2.85. The van der Waals surface area contributed by atoms with Gasteiger partial charge in [-0.1, -0.05) is 78.6 Å². The van der Waals surface area contributed by atoms with Crippen LogP contribution in [0.5, 0.6) is 11.5 Å². The van der Waals surface area contributed by atoms with Gasteiger partial charge >= 0.3 is 0 Å². The Labute approximate surface area is 196 Å². The van der Waals surface area contributed by atoms with E-state index in [1.54, 1.807) is 0 Å². The van der Waals surface area contributed by atoms with Crippen LogP contribution in [-0.4, -0.2) is 31.6 Å². The van der Waals surface area contributed by atoms with E-state index in [-0.39, 0.29) is 5.41 Å². The van der Waals surface area contributed by atoms with Gasteiger partial charge < -0.3 is 10.1 Å². The minimum Gasteiger partial charge on any atom is -0.457 e. The highest BCUT2D eigenvalue weighted by atomic mass is 16.5. The van der Waals surface area contributed by atoms with Gasteiger partial charge in [0.05, 0.1) is 5.41 Å². The van der Waals surface area contributed by atoms with Crippen molar-refractivity contribution in [3.8, 4) is 11.5 Å². The SMILES string of the molecule is c1ccc(B2C3CCCN=C3C3(c4ccccc4Oc4ccccc43)C3NCCCC23)cc1. The van der Waals surface area contributed by atoms with Crippen LogP contribution in [0.2, 0.25) is 11.6 Å². The molecule has 4 heterocycles. The van der Waals surface area contributed by atoms with Crippen LogP contribution in [0.25, 0.3) is 0 Å². The van der Waals surface area contributed by atoms with Gasteiger partial charge in [0.1, 0.15) is 11.5 Å². The van der Waals surface area contributed by atoms with Gasteiger partial charge in [-0.2, -0.15) is 0 Å². The molecule has 3 nitrogen and oxygen atoms in total. The third-order valence-corrected chi connectivity index (χ3v) is 8.61. The predicted octanol–water partition coefficient (Wildman–Crippen LogP) is 5.22. The Morgan fingerprint density at radius 1 is 0.818 bits per heavy atom. The summed E-state index contributed by atoms with van der Waals surface area (Å²) in [6, 6.07) is 29.0. The molecule has 3 unspecified atom stereocenters. The van der Waals surface area contributed by atoms with Crippen LogP contribution in [0.1, 0.15) is 36.8 Å². The summed E-state index contributed by atoms with van der Waals surface area (Å²) in [5.41, 5.74) is 5.20. The van der Waals surface area contributed by atoms with Crippen molar-refractivity contribution in [2.24, 2.45) is 4.99 Å². The molecule has 0 aliphatic carbocycles. The maximum absolute atomic E-state index is 6.49. The zero-order valence-electron chi connectivity index (χ0n) is 18.9. The van der Waals surface area contributed by atoms with Crippen molar-refractivity contribution in [2.45, 2.75) is 48.8 Å². The number of nitrogens with one attached hydrogen (secondary N) is 1. The molecule has 3 aromatic carbocycles. The average Bonchev–Trinajstić information content (AvgIpc) is 2.89. The van der Waals surface area contributed by atoms with Gasteiger partial charge in [-0.15, -0.1) is 0 Å². The molecule has 4 aliphatic rings. The second-order valence-electron chi connectivity index (χ2n) is 10.1. The van der Waals surface area contributed by atoms with Crippen LogP contribution in [0.4, 0.5) is 0 Å². The van der Waals surface area contributed by atoms with Crippen molar-refractivity contribution in [1.29, 1.82) is 0 Å². The van der Waals surface area contributed by atoms with Gasteiger partial charge in [0, 0.05) is 29.4 Å². The van der Waals surface area contributed by atoms with Crippen molar-refractivity contribution in [1.82, 2.24) is 5.32 Å². The number of hydrogen-bond donors (Lipinski definition) is 1. The van der Waals surface area contributed by atoms with Crippen LogP contribution in [0.3, 0.4) is 0 Å². The number of benzene rings is 3. The molecule has 3 aromatic rings. The smallest absolute Gasteiger partial charge is 0.189 e. The van der Waals surface area contributed by atoms with E-state index in [0.717, 1.165) is 24.6 Å². The molecule has 4 heteroatoms. The van der Waals surface area contributed by atoms with Gasteiger partial charge in [-0.3, -0.25) is 4.99 Å². The number of para-hydroxylation sites is 2. The first kappa shape index (κ1) is 19.6. The molecule has 0 bridgehead atoms. The summed E-state index contributed by atoms with van der Waals surface area (Å²) < 4.78 is 6.49. The molecule has 2 saturated heterocycles. The van der Waals surface area contributed by atoms with E-state index >= 15 is 0 Å². The maximum Gasteiger partial charge on any atom is 0.189 e. The number of nitrogens with zero attached hydrogens (tertiary/aromatic N) is 1. The summed E-state index contributed by atoms with van der Waals surface area (Å²) >= 11 is 0. The lowest BCUT2D eigenvalue weighted by atomic mass is 9.21. The lowest BCUT2D eigenvalue weighted by Gasteiger charge is -2.59. The van der Waals surface area contributed by atoms with Gasteiger partial charge in [0.2, 0.25) is 0 Å². The molecule has 0 radical (unpaired) electrons. The molecule has 164 valence electrons. The topological polar surface area (TPSA) is 33.6 Å². The van der Waals surface area contributed by atoms with Crippen molar-refractivity contribution in [2.75, 3.05) is 13.1 Å². The van der Waals surface area contributed by atoms with Crippen LogP contribution in [-0.2, 0) is 5.41 Å². The molecule has 33 heavy (non-hydrogen) atoms. The molecule has 7 rings (SSSR count). The summed E-state index contributed by atoms with van der Waals surface area (Å²) in [6.45, 7) is 2.50. The highest BCUT2D eigenvalue weighted by Crippen LogP contribution is 2.60. The van der Waals surface area contributed by atoms with E-state index in [4.69, 9.17) is 9.73 Å². The van der Waals surface area contributed by atoms with Gasteiger partial charge in [-0.25, -0.2) is 0 Å². The first-order chi connectivity index (χ1) is 16.4. The largest absolute Gasteiger partial charge is 0.457 e. The summed E-state index contributed by atoms with van der Waals surface area (Å²) in [5.74, 6) is 3.00. The van der Waals surface area contributed by atoms with Crippen molar-refractivity contribution in [3.05, 3.63) is 90.0 Å².